The average molecular weight is 430 g/mol. The molecule has 0 saturated heterocycles. The van der Waals surface area contributed by atoms with Gasteiger partial charge < -0.3 is 5.11 Å². The number of pyridine rings is 1. The lowest BCUT2D eigenvalue weighted by atomic mass is 10.0. The summed E-state index contributed by atoms with van der Waals surface area (Å²) >= 11 is 1.47. The number of aromatic hydroxyl groups is 1. The number of hydrazone groups is 1. The Labute approximate surface area is 185 Å². The van der Waals surface area contributed by atoms with Gasteiger partial charge in [0.2, 0.25) is 5.91 Å². The number of rotatable bonds is 5. The minimum absolute atomic E-state index is 0.121. The number of nitrogens with zero attached hydrogens (tertiary/aromatic N) is 2. The molecule has 0 aliphatic rings. The molecule has 1 heterocycles. The number of nitrogens with one attached hydrogen (secondary N) is 1. The number of amides is 1. The smallest absolute Gasteiger partial charge is 0.250 e. The van der Waals surface area contributed by atoms with E-state index in [2.05, 4.69) is 41.5 Å². The lowest BCUT2D eigenvalue weighted by Crippen LogP contribution is -2.19. The highest BCUT2D eigenvalue weighted by atomic mass is 32.2. The fraction of sp³-hybridized carbons (Fsp3) is 0.160. The maximum Gasteiger partial charge on any atom is 0.250 e. The number of thioether (sulfide) groups is 1. The van der Waals surface area contributed by atoms with Crippen LogP contribution in [0.1, 0.15) is 22.4 Å². The SMILES string of the molecule is Cc1cc(C)c2nc(C)cc(SCC(=O)NN=Cc3c(O)ccc4ccccc34)c2c1. The van der Waals surface area contributed by atoms with E-state index in [-0.39, 0.29) is 17.4 Å². The van der Waals surface area contributed by atoms with Crippen molar-refractivity contribution in [3.63, 3.8) is 0 Å². The Morgan fingerprint density at radius 2 is 1.90 bits per heavy atom. The molecule has 4 rings (SSSR count). The number of hydrogen-bond donors (Lipinski definition) is 2. The predicted molar refractivity (Wildman–Crippen MR) is 128 cm³/mol. The van der Waals surface area contributed by atoms with E-state index >= 15 is 0 Å². The molecule has 5 nitrogen and oxygen atoms in total. The summed E-state index contributed by atoms with van der Waals surface area (Å²) in [5.41, 5.74) is 7.33. The summed E-state index contributed by atoms with van der Waals surface area (Å²) < 4.78 is 0. The van der Waals surface area contributed by atoms with Crippen molar-refractivity contribution in [2.45, 2.75) is 25.7 Å². The van der Waals surface area contributed by atoms with Gasteiger partial charge in [0.1, 0.15) is 5.75 Å². The van der Waals surface area contributed by atoms with Gasteiger partial charge in [0.05, 0.1) is 17.5 Å². The van der Waals surface area contributed by atoms with Crippen molar-refractivity contribution in [2.24, 2.45) is 5.10 Å². The van der Waals surface area contributed by atoms with Crippen LogP contribution in [-0.4, -0.2) is 28.0 Å². The van der Waals surface area contributed by atoms with E-state index in [1.54, 1.807) is 6.07 Å². The number of carbonyl (C=O) groups is 1. The average Bonchev–Trinajstić information content (AvgIpc) is 2.74. The van der Waals surface area contributed by atoms with Crippen molar-refractivity contribution >= 4 is 45.6 Å². The second-order valence-corrected chi connectivity index (χ2v) is 8.56. The number of aromatic nitrogens is 1. The van der Waals surface area contributed by atoms with Gasteiger partial charge in [0.15, 0.2) is 0 Å². The van der Waals surface area contributed by atoms with Crippen LogP contribution in [0.4, 0.5) is 0 Å². The number of phenols is 1. The van der Waals surface area contributed by atoms with E-state index in [1.165, 1.54) is 23.5 Å². The Kier molecular flexibility index (Phi) is 5.91. The minimum Gasteiger partial charge on any atom is -0.507 e. The number of hydrogen-bond acceptors (Lipinski definition) is 5. The molecule has 0 aliphatic heterocycles. The summed E-state index contributed by atoms with van der Waals surface area (Å²) in [6.45, 7) is 6.08. The molecule has 3 aromatic carbocycles. The number of benzene rings is 3. The topological polar surface area (TPSA) is 74.6 Å². The lowest BCUT2D eigenvalue weighted by Gasteiger charge is -2.10. The Bertz CT molecular complexity index is 1330. The Morgan fingerprint density at radius 3 is 2.74 bits per heavy atom. The second kappa shape index (κ2) is 8.78. The molecule has 0 saturated carbocycles. The Morgan fingerprint density at radius 1 is 1.10 bits per heavy atom. The number of fused-ring (bicyclic) bond motifs is 2. The van der Waals surface area contributed by atoms with Crippen molar-refractivity contribution in [3.8, 4) is 5.75 Å². The van der Waals surface area contributed by atoms with Crippen molar-refractivity contribution in [1.82, 2.24) is 10.4 Å². The summed E-state index contributed by atoms with van der Waals surface area (Å²) in [6, 6.07) is 17.4. The third-order valence-corrected chi connectivity index (χ3v) is 6.08. The highest BCUT2D eigenvalue weighted by molar-refractivity contribution is 8.00. The zero-order chi connectivity index (χ0) is 22.0. The van der Waals surface area contributed by atoms with Crippen LogP contribution in [0.25, 0.3) is 21.7 Å². The maximum atomic E-state index is 12.4. The number of carbonyl (C=O) groups excluding carboxylic acids is 1. The molecule has 6 heteroatoms. The Balaban J connectivity index is 1.48. The fourth-order valence-corrected chi connectivity index (χ4v) is 4.57. The number of aryl methyl sites for hydroxylation is 3. The molecule has 156 valence electrons. The minimum atomic E-state index is -0.215. The first kappa shape index (κ1) is 20.9. The van der Waals surface area contributed by atoms with Gasteiger partial charge in [-0.15, -0.1) is 11.8 Å². The van der Waals surface area contributed by atoms with E-state index in [0.717, 1.165) is 37.8 Å². The molecular weight excluding hydrogens is 406 g/mol. The zero-order valence-corrected chi connectivity index (χ0v) is 18.5. The first-order chi connectivity index (χ1) is 14.9. The molecule has 0 fully saturated rings. The zero-order valence-electron chi connectivity index (χ0n) is 17.6. The van der Waals surface area contributed by atoms with Gasteiger partial charge in [-0.1, -0.05) is 42.0 Å². The summed E-state index contributed by atoms with van der Waals surface area (Å²) in [5, 5.41) is 17.2. The van der Waals surface area contributed by atoms with Gasteiger partial charge in [-0.3, -0.25) is 9.78 Å². The van der Waals surface area contributed by atoms with Crippen molar-refractivity contribution in [1.29, 1.82) is 0 Å². The molecular formula is C25H23N3O2S. The largest absolute Gasteiger partial charge is 0.507 e. The van der Waals surface area contributed by atoms with Gasteiger partial charge >= 0.3 is 0 Å². The van der Waals surface area contributed by atoms with Gasteiger partial charge in [0.25, 0.3) is 0 Å². The van der Waals surface area contributed by atoms with Crippen LogP contribution in [-0.2, 0) is 4.79 Å². The lowest BCUT2D eigenvalue weighted by molar-refractivity contribution is -0.118. The Hall–Kier alpha value is -3.38. The van der Waals surface area contributed by atoms with Crippen LogP contribution < -0.4 is 5.43 Å². The third-order valence-electron chi connectivity index (χ3n) is 5.03. The molecule has 4 aromatic rings. The first-order valence-corrected chi connectivity index (χ1v) is 10.9. The second-order valence-electron chi connectivity index (χ2n) is 7.54. The van der Waals surface area contributed by atoms with Crippen LogP contribution in [0.5, 0.6) is 5.75 Å². The summed E-state index contributed by atoms with van der Waals surface area (Å²) in [6.07, 6.45) is 1.49. The van der Waals surface area contributed by atoms with Crippen LogP contribution in [0.15, 0.2) is 64.6 Å². The molecule has 0 radical (unpaired) electrons. The predicted octanol–water partition coefficient (Wildman–Crippen LogP) is 5.26. The van der Waals surface area contributed by atoms with Gasteiger partial charge in [-0.05, 0) is 55.3 Å². The van der Waals surface area contributed by atoms with Gasteiger partial charge in [-0.2, -0.15) is 5.10 Å². The van der Waals surface area contributed by atoms with E-state index in [0.29, 0.717) is 5.56 Å². The summed E-state index contributed by atoms with van der Waals surface area (Å²) in [7, 11) is 0. The van der Waals surface area contributed by atoms with Crippen LogP contribution in [0.2, 0.25) is 0 Å². The van der Waals surface area contributed by atoms with Gasteiger partial charge in [-0.25, -0.2) is 5.43 Å². The summed E-state index contributed by atoms with van der Waals surface area (Å²) in [4.78, 5) is 18.1. The molecule has 0 aliphatic carbocycles. The van der Waals surface area contributed by atoms with Crippen molar-refractivity contribution in [3.05, 3.63) is 77.0 Å². The standard InChI is InChI=1S/C25H23N3O2S/c1-15-10-16(2)25-20(11-15)23(12-17(3)27-25)31-14-24(30)28-26-13-21-19-7-5-4-6-18(19)8-9-22(21)29/h4-13,29H,14H2,1-3H3,(H,28,30). The van der Waals surface area contributed by atoms with Gasteiger partial charge in [0, 0.05) is 21.5 Å². The molecule has 0 bridgehead atoms. The molecule has 0 unspecified atom stereocenters. The number of phenolic OH excluding ortho intramolecular Hbond substituents is 1. The fourth-order valence-electron chi connectivity index (χ4n) is 3.66. The monoisotopic (exact) mass is 429 g/mol. The highest BCUT2D eigenvalue weighted by Gasteiger charge is 2.10. The molecule has 1 amide bonds. The molecule has 1 aromatic heterocycles. The van der Waals surface area contributed by atoms with E-state index in [1.807, 2.05) is 43.3 Å². The highest BCUT2D eigenvalue weighted by Crippen LogP contribution is 2.30. The van der Waals surface area contributed by atoms with Crippen LogP contribution >= 0.6 is 11.8 Å². The van der Waals surface area contributed by atoms with E-state index in [9.17, 15) is 9.90 Å². The third kappa shape index (κ3) is 4.54. The normalized spacial score (nSPS) is 11.5. The van der Waals surface area contributed by atoms with Crippen molar-refractivity contribution in [2.75, 3.05) is 5.75 Å². The molecule has 0 spiro atoms. The van der Waals surface area contributed by atoms with E-state index < -0.39 is 0 Å². The quantitative estimate of drug-likeness (QED) is 0.258. The molecule has 0 atom stereocenters. The molecule has 31 heavy (non-hydrogen) atoms. The molecule has 2 N–H and O–H groups in total. The first-order valence-electron chi connectivity index (χ1n) is 9.96. The van der Waals surface area contributed by atoms with Crippen LogP contribution in [0, 0.1) is 20.8 Å². The van der Waals surface area contributed by atoms with E-state index in [4.69, 9.17) is 0 Å². The van der Waals surface area contributed by atoms with Crippen LogP contribution in [0.3, 0.4) is 0 Å². The summed E-state index contributed by atoms with van der Waals surface area (Å²) in [5.74, 6) is 0.133. The maximum absolute atomic E-state index is 12.4. The van der Waals surface area contributed by atoms with Crippen molar-refractivity contribution < 1.29 is 9.90 Å².